The lowest BCUT2D eigenvalue weighted by molar-refractivity contribution is -0.314. The van der Waals surface area contributed by atoms with Crippen LogP contribution in [0.25, 0.3) is 0 Å². The van der Waals surface area contributed by atoms with Crippen molar-refractivity contribution in [2.24, 2.45) is 28.6 Å². The number of fused-ring (bicyclic) bond motifs is 5. The summed E-state index contributed by atoms with van der Waals surface area (Å²) in [6.07, 6.45) is 7.14. The summed E-state index contributed by atoms with van der Waals surface area (Å²) in [7, 11) is 0. The van der Waals surface area contributed by atoms with Crippen LogP contribution in [0.4, 0.5) is 0 Å². The van der Waals surface area contributed by atoms with Crippen LogP contribution in [0, 0.1) is 28.6 Å². The Labute approximate surface area is 205 Å². The van der Waals surface area contributed by atoms with E-state index in [1.165, 1.54) is 6.92 Å². The number of esters is 1. The molecule has 0 aromatic heterocycles. The van der Waals surface area contributed by atoms with Gasteiger partial charge in [0.2, 0.25) is 0 Å². The molecule has 0 aromatic carbocycles. The van der Waals surface area contributed by atoms with Crippen molar-refractivity contribution < 1.29 is 34.1 Å². The molecule has 1 N–H and O–H groups in total. The number of carboxylic acids is 1. The lowest BCUT2D eigenvalue weighted by atomic mass is 9.48. The molecule has 34 heavy (non-hydrogen) atoms. The number of aliphatic hydroxyl groups is 1. The number of aliphatic hydroxyl groups excluding tert-OH is 1. The first-order valence-corrected chi connectivity index (χ1v) is 12.3. The van der Waals surface area contributed by atoms with E-state index in [1.54, 1.807) is 13.0 Å². The number of aliphatic carboxylic acids is 1. The first kappa shape index (κ1) is 26.6. The van der Waals surface area contributed by atoms with E-state index in [0.717, 1.165) is 38.2 Å². The van der Waals surface area contributed by atoms with Crippen LogP contribution in [0.3, 0.4) is 0 Å². The molecule has 0 radical (unpaired) electrons. The summed E-state index contributed by atoms with van der Waals surface area (Å²) in [5.41, 5.74) is -0.532. The highest BCUT2D eigenvalue weighted by Crippen LogP contribution is 2.68. The molecular formula is C26H34ClO7-. The minimum absolute atomic E-state index is 0.0490. The van der Waals surface area contributed by atoms with E-state index in [-0.39, 0.29) is 40.2 Å². The maximum absolute atomic E-state index is 12.7. The quantitative estimate of drug-likeness (QED) is 0.600. The smallest absolute Gasteiger partial charge is 0.303 e. The minimum atomic E-state index is -1.44. The Morgan fingerprint density at radius 1 is 1.15 bits per heavy atom. The van der Waals surface area contributed by atoms with Crippen molar-refractivity contribution in [1.82, 2.24) is 0 Å². The predicted octanol–water partition coefficient (Wildman–Crippen LogP) is 2.87. The Kier molecular flexibility index (Phi) is 7.22. The number of carbonyl (C=O) groups excluding carboxylic acids is 4. The number of carbonyl (C=O) groups is 4. The summed E-state index contributed by atoms with van der Waals surface area (Å²) < 4.78 is 5.79. The van der Waals surface area contributed by atoms with E-state index in [2.05, 4.69) is 19.9 Å². The number of ether oxygens (including phenoxy) is 1. The van der Waals surface area contributed by atoms with Crippen LogP contribution in [0.2, 0.25) is 0 Å². The predicted molar refractivity (Wildman–Crippen MR) is 123 cm³/mol. The van der Waals surface area contributed by atoms with Gasteiger partial charge in [-0.2, -0.15) is 0 Å². The molecule has 2 saturated carbocycles. The van der Waals surface area contributed by atoms with E-state index in [1.807, 2.05) is 0 Å². The van der Waals surface area contributed by atoms with Crippen molar-refractivity contribution in [1.29, 1.82) is 0 Å². The summed E-state index contributed by atoms with van der Waals surface area (Å²) in [5.74, 6) is -0.851. The van der Waals surface area contributed by atoms with Gasteiger partial charge in [-0.1, -0.05) is 31.5 Å². The Morgan fingerprint density at radius 2 is 1.74 bits per heavy atom. The highest BCUT2D eigenvalue weighted by Gasteiger charge is 2.67. The molecule has 188 valence electrons. The monoisotopic (exact) mass is 493 g/mol. The number of hydrogen-bond acceptors (Lipinski definition) is 7. The molecule has 0 bridgehead atoms. The van der Waals surface area contributed by atoms with Gasteiger partial charge in [0.25, 0.3) is 0 Å². The second-order valence-corrected chi connectivity index (χ2v) is 11.1. The molecule has 2 fully saturated rings. The van der Waals surface area contributed by atoms with Crippen LogP contribution < -0.4 is 5.11 Å². The molecule has 8 heteroatoms. The van der Waals surface area contributed by atoms with Crippen molar-refractivity contribution in [3.63, 3.8) is 0 Å². The van der Waals surface area contributed by atoms with Crippen molar-refractivity contribution in [2.75, 3.05) is 0 Å². The van der Waals surface area contributed by atoms with Crippen molar-refractivity contribution >= 4 is 35.1 Å². The van der Waals surface area contributed by atoms with E-state index < -0.39 is 17.7 Å². The summed E-state index contributed by atoms with van der Waals surface area (Å²) in [4.78, 5) is 46.0. The molecule has 4 rings (SSSR count). The molecule has 7 nitrogen and oxygen atoms in total. The maximum Gasteiger partial charge on any atom is 0.303 e. The van der Waals surface area contributed by atoms with Crippen LogP contribution in [-0.4, -0.2) is 40.3 Å². The Hall–Kier alpha value is -1.99. The molecule has 0 heterocycles. The fraction of sp³-hybridized carbons (Fsp3) is 0.692. The molecule has 0 amide bonds. The van der Waals surface area contributed by atoms with E-state index in [9.17, 15) is 24.3 Å². The van der Waals surface area contributed by atoms with Gasteiger partial charge in [-0.15, -0.1) is 0 Å². The highest BCUT2D eigenvalue weighted by atomic mass is 35.5. The third-order valence-corrected chi connectivity index (χ3v) is 9.24. The van der Waals surface area contributed by atoms with Crippen LogP contribution >= 0.6 is 11.6 Å². The van der Waals surface area contributed by atoms with Crippen LogP contribution in [-0.2, 0) is 23.9 Å². The van der Waals surface area contributed by atoms with E-state index in [0.29, 0.717) is 23.8 Å². The number of halogens is 1. The van der Waals surface area contributed by atoms with Crippen molar-refractivity contribution in [2.45, 2.75) is 84.8 Å². The van der Waals surface area contributed by atoms with E-state index in [4.69, 9.17) is 21.4 Å². The maximum atomic E-state index is 12.7. The number of ketones is 2. The van der Waals surface area contributed by atoms with Gasteiger partial charge in [-0.05, 0) is 80.8 Å². The molecule has 0 spiro atoms. The number of rotatable bonds is 3. The van der Waals surface area contributed by atoms with Gasteiger partial charge >= 0.3 is 5.97 Å². The molecular weight excluding hydrogens is 460 g/mol. The SMILES string of the molecule is CC(=O)O[C@]1(C(C)=O)CC[C@H]2[C@@H]3C=C(Cl)C4=CC(=O)CC[C@]4(C)[C@H]3CC[C@@]21C.CC(O)C(=O)[O-]. The number of carboxylic acid groups (broad SMARTS) is 1. The van der Waals surface area contributed by atoms with Crippen LogP contribution in [0.5, 0.6) is 0 Å². The Morgan fingerprint density at radius 3 is 2.26 bits per heavy atom. The van der Waals surface area contributed by atoms with E-state index >= 15 is 0 Å². The highest BCUT2D eigenvalue weighted by molar-refractivity contribution is 6.32. The zero-order valence-corrected chi connectivity index (χ0v) is 21.2. The Balaban J connectivity index is 0.000000481. The fourth-order valence-electron chi connectivity index (χ4n) is 7.13. The zero-order valence-electron chi connectivity index (χ0n) is 20.5. The average Bonchev–Trinajstić information content (AvgIpc) is 3.03. The summed E-state index contributed by atoms with van der Waals surface area (Å²) in [5, 5.41) is 18.0. The van der Waals surface area contributed by atoms with Crippen molar-refractivity contribution in [3.05, 3.63) is 22.8 Å². The summed E-state index contributed by atoms with van der Waals surface area (Å²) in [6, 6.07) is 0. The third kappa shape index (κ3) is 4.15. The fourth-order valence-corrected chi connectivity index (χ4v) is 7.55. The lowest BCUT2D eigenvalue weighted by Crippen LogP contribution is -2.58. The second-order valence-electron chi connectivity index (χ2n) is 10.7. The second kappa shape index (κ2) is 9.23. The van der Waals surface area contributed by atoms with Gasteiger partial charge < -0.3 is 19.7 Å². The van der Waals surface area contributed by atoms with Gasteiger partial charge in [-0.3, -0.25) is 14.4 Å². The zero-order chi connectivity index (χ0) is 25.6. The Bertz CT molecular complexity index is 966. The first-order chi connectivity index (χ1) is 15.7. The third-order valence-electron chi connectivity index (χ3n) is 8.91. The van der Waals surface area contributed by atoms with Gasteiger partial charge in [0.05, 0.1) is 12.1 Å². The minimum Gasteiger partial charge on any atom is -0.547 e. The average molecular weight is 494 g/mol. The number of hydrogen-bond donors (Lipinski definition) is 1. The molecule has 4 aliphatic rings. The summed E-state index contributed by atoms with van der Waals surface area (Å²) in [6.45, 7) is 8.46. The normalized spacial score (nSPS) is 39.1. The van der Waals surface area contributed by atoms with Crippen molar-refractivity contribution in [3.8, 4) is 0 Å². The van der Waals surface area contributed by atoms with Gasteiger partial charge in [0.1, 0.15) is 0 Å². The molecule has 7 atom stereocenters. The largest absolute Gasteiger partial charge is 0.547 e. The summed E-state index contributed by atoms with van der Waals surface area (Å²) >= 11 is 6.71. The van der Waals surface area contributed by atoms with Gasteiger partial charge in [0.15, 0.2) is 17.2 Å². The molecule has 0 aliphatic heterocycles. The molecule has 1 unspecified atom stereocenters. The topological polar surface area (TPSA) is 121 Å². The van der Waals surface area contributed by atoms with Gasteiger partial charge in [0, 0.05) is 23.8 Å². The standard InChI is InChI=1S/C23H29ClO4.C3H6O3/c1-13(25)23(28-14(2)26)10-7-18-16-12-20(24)19-11-15(27)5-8-21(19,3)17(16)6-9-22(18,23)4;1-2(4)3(5)6/h11-12,16-18H,5-10H2,1-4H3;2,4H,1H3,(H,5,6)/p-1/t16-,17+,18+,21-,22+,23+;/m1./s1. The first-order valence-electron chi connectivity index (χ1n) is 11.9. The van der Waals surface area contributed by atoms with Crippen LogP contribution in [0.15, 0.2) is 22.8 Å². The molecule has 4 aliphatic carbocycles. The van der Waals surface area contributed by atoms with Crippen LogP contribution in [0.1, 0.15) is 73.1 Å². The molecule has 0 aromatic rings. The number of Topliss-reactive ketones (excluding diaryl/α,β-unsaturated/α-hetero) is 1. The molecule has 0 saturated heterocycles. The van der Waals surface area contributed by atoms with Gasteiger partial charge in [-0.25, -0.2) is 0 Å². The number of allylic oxidation sites excluding steroid dienone is 4. The lowest BCUT2D eigenvalue weighted by Gasteiger charge is -2.57.